The highest BCUT2D eigenvalue weighted by atomic mass is 16.5. The maximum atomic E-state index is 12.6. The summed E-state index contributed by atoms with van der Waals surface area (Å²) >= 11 is 0. The average molecular weight is 342 g/mol. The number of carbonyl (C=O) groups excluding carboxylic acids is 1. The van der Waals surface area contributed by atoms with Crippen LogP contribution in [0.5, 0.6) is 5.75 Å². The van der Waals surface area contributed by atoms with Crippen LogP contribution in [-0.4, -0.2) is 29.8 Å². The van der Waals surface area contributed by atoms with Gasteiger partial charge in [-0.25, -0.2) is 0 Å². The topological polar surface area (TPSA) is 69.6 Å². The van der Waals surface area contributed by atoms with Crippen LogP contribution < -0.4 is 15.6 Å². The smallest absolute Gasteiger partial charge is 0.259 e. The molecule has 132 valence electrons. The van der Waals surface area contributed by atoms with Crippen molar-refractivity contribution < 1.29 is 14.3 Å². The number of para-hydroxylation sites is 1. The number of aryl methyl sites for hydroxylation is 1. The lowest BCUT2D eigenvalue weighted by Gasteiger charge is -2.15. The monoisotopic (exact) mass is 342 g/mol. The normalized spacial score (nSPS) is 16.6. The number of amides is 1. The SMILES string of the molecule is CCn1cc(NC(=O)c2ccccc2OCC2CCCO2)ccc1=O. The lowest BCUT2D eigenvalue weighted by atomic mass is 10.2. The summed E-state index contributed by atoms with van der Waals surface area (Å²) in [5, 5.41) is 2.82. The van der Waals surface area contributed by atoms with Crippen molar-refractivity contribution in [3.05, 3.63) is 58.5 Å². The minimum absolute atomic E-state index is 0.0872. The van der Waals surface area contributed by atoms with Gasteiger partial charge in [-0.2, -0.15) is 0 Å². The number of carbonyl (C=O) groups is 1. The third-order valence-electron chi connectivity index (χ3n) is 4.16. The molecule has 1 saturated heterocycles. The van der Waals surface area contributed by atoms with Crippen molar-refractivity contribution in [1.82, 2.24) is 4.57 Å². The Kier molecular flexibility index (Phi) is 5.50. The molecule has 2 aromatic rings. The van der Waals surface area contributed by atoms with Crippen molar-refractivity contribution in [3.63, 3.8) is 0 Å². The highest BCUT2D eigenvalue weighted by Crippen LogP contribution is 2.21. The third-order valence-corrected chi connectivity index (χ3v) is 4.16. The first-order chi connectivity index (χ1) is 12.2. The number of anilines is 1. The molecule has 1 atom stereocenters. The molecule has 1 unspecified atom stereocenters. The lowest BCUT2D eigenvalue weighted by Crippen LogP contribution is -2.21. The molecule has 1 aliphatic heterocycles. The fraction of sp³-hybridized carbons (Fsp3) is 0.368. The van der Waals surface area contributed by atoms with Gasteiger partial charge in [0.2, 0.25) is 0 Å². The Bertz CT molecular complexity index is 794. The van der Waals surface area contributed by atoms with Crippen LogP contribution in [-0.2, 0) is 11.3 Å². The summed E-state index contributed by atoms with van der Waals surface area (Å²) in [4.78, 5) is 24.2. The fourth-order valence-corrected chi connectivity index (χ4v) is 2.79. The molecule has 1 aromatic carbocycles. The summed E-state index contributed by atoms with van der Waals surface area (Å²) < 4.78 is 12.9. The minimum Gasteiger partial charge on any atom is -0.490 e. The molecule has 0 saturated carbocycles. The quantitative estimate of drug-likeness (QED) is 0.876. The molecule has 0 aliphatic carbocycles. The van der Waals surface area contributed by atoms with Crippen molar-refractivity contribution in [2.24, 2.45) is 0 Å². The molecule has 3 rings (SSSR count). The summed E-state index contributed by atoms with van der Waals surface area (Å²) in [5.41, 5.74) is 0.927. The first kappa shape index (κ1) is 17.2. The highest BCUT2D eigenvalue weighted by molar-refractivity contribution is 6.06. The minimum atomic E-state index is -0.274. The Morgan fingerprint density at radius 1 is 1.32 bits per heavy atom. The van der Waals surface area contributed by atoms with Gasteiger partial charge >= 0.3 is 0 Å². The Hall–Kier alpha value is -2.60. The maximum Gasteiger partial charge on any atom is 0.259 e. The second-order valence-corrected chi connectivity index (χ2v) is 5.94. The Morgan fingerprint density at radius 2 is 2.16 bits per heavy atom. The molecule has 1 aromatic heterocycles. The largest absolute Gasteiger partial charge is 0.490 e. The van der Waals surface area contributed by atoms with Gasteiger partial charge in [-0.15, -0.1) is 0 Å². The van der Waals surface area contributed by atoms with E-state index in [1.54, 1.807) is 30.5 Å². The van der Waals surface area contributed by atoms with Crippen molar-refractivity contribution in [2.75, 3.05) is 18.5 Å². The summed E-state index contributed by atoms with van der Waals surface area (Å²) in [6.45, 7) is 3.62. The van der Waals surface area contributed by atoms with Crippen LogP contribution >= 0.6 is 0 Å². The van der Waals surface area contributed by atoms with E-state index in [0.29, 0.717) is 30.2 Å². The standard InChI is InChI=1S/C19H22N2O4/c1-2-21-12-14(9-10-18(21)22)20-19(23)16-7-3-4-8-17(16)25-13-15-6-5-11-24-15/h3-4,7-10,12,15H,2,5-6,11,13H2,1H3,(H,20,23). The van der Waals surface area contributed by atoms with Gasteiger partial charge in [-0.1, -0.05) is 12.1 Å². The molecule has 0 bridgehead atoms. The van der Waals surface area contributed by atoms with Gasteiger partial charge in [-0.05, 0) is 38.0 Å². The molecule has 6 nitrogen and oxygen atoms in total. The molecule has 1 amide bonds. The average Bonchev–Trinajstić information content (AvgIpc) is 3.15. The van der Waals surface area contributed by atoms with E-state index in [4.69, 9.17) is 9.47 Å². The maximum absolute atomic E-state index is 12.6. The molecule has 1 fully saturated rings. The van der Waals surface area contributed by atoms with Crippen LogP contribution in [0.3, 0.4) is 0 Å². The number of pyridine rings is 1. The number of nitrogens with one attached hydrogen (secondary N) is 1. The number of hydrogen-bond acceptors (Lipinski definition) is 4. The lowest BCUT2D eigenvalue weighted by molar-refractivity contribution is 0.0673. The predicted molar refractivity (Wildman–Crippen MR) is 95.2 cm³/mol. The molecule has 0 radical (unpaired) electrons. The first-order valence-electron chi connectivity index (χ1n) is 8.52. The van der Waals surface area contributed by atoms with E-state index in [9.17, 15) is 9.59 Å². The number of nitrogens with zero attached hydrogens (tertiary/aromatic N) is 1. The van der Waals surface area contributed by atoms with Crippen LogP contribution in [0.1, 0.15) is 30.1 Å². The van der Waals surface area contributed by atoms with Crippen LogP contribution in [0.15, 0.2) is 47.4 Å². The van der Waals surface area contributed by atoms with Crippen LogP contribution in [0.25, 0.3) is 0 Å². The van der Waals surface area contributed by atoms with Gasteiger partial charge < -0.3 is 19.4 Å². The van der Waals surface area contributed by atoms with Crippen LogP contribution in [0.4, 0.5) is 5.69 Å². The van der Waals surface area contributed by atoms with Crippen molar-refractivity contribution in [2.45, 2.75) is 32.4 Å². The molecule has 2 heterocycles. The summed E-state index contributed by atoms with van der Waals surface area (Å²) in [5.74, 6) is 0.253. The van der Waals surface area contributed by atoms with Gasteiger partial charge in [-0.3, -0.25) is 9.59 Å². The van der Waals surface area contributed by atoms with E-state index in [-0.39, 0.29) is 17.6 Å². The van der Waals surface area contributed by atoms with E-state index >= 15 is 0 Å². The zero-order valence-electron chi connectivity index (χ0n) is 14.2. The second kappa shape index (κ2) is 7.98. The molecular weight excluding hydrogens is 320 g/mol. The predicted octanol–water partition coefficient (Wildman–Crippen LogP) is 2.68. The Labute approximate surface area is 146 Å². The molecule has 25 heavy (non-hydrogen) atoms. The Morgan fingerprint density at radius 3 is 2.92 bits per heavy atom. The van der Waals surface area contributed by atoms with Gasteiger partial charge in [0.1, 0.15) is 12.4 Å². The van der Waals surface area contributed by atoms with E-state index < -0.39 is 0 Å². The second-order valence-electron chi connectivity index (χ2n) is 5.94. The molecule has 1 N–H and O–H groups in total. The summed E-state index contributed by atoms with van der Waals surface area (Å²) in [6, 6.07) is 10.2. The van der Waals surface area contributed by atoms with Crippen LogP contribution in [0.2, 0.25) is 0 Å². The van der Waals surface area contributed by atoms with E-state index in [0.717, 1.165) is 19.4 Å². The van der Waals surface area contributed by atoms with Crippen molar-refractivity contribution in [1.29, 1.82) is 0 Å². The zero-order valence-corrected chi connectivity index (χ0v) is 14.2. The number of benzene rings is 1. The molecular formula is C19H22N2O4. The van der Waals surface area contributed by atoms with E-state index in [1.807, 2.05) is 13.0 Å². The van der Waals surface area contributed by atoms with E-state index in [2.05, 4.69) is 5.32 Å². The van der Waals surface area contributed by atoms with Gasteiger partial charge in [0.15, 0.2) is 0 Å². The summed E-state index contributed by atoms with van der Waals surface area (Å²) in [6.07, 6.45) is 3.75. The molecule has 1 aliphatic rings. The number of rotatable bonds is 6. The fourth-order valence-electron chi connectivity index (χ4n) is 2.79. The van der Waals surface area contributed by atoms with E-state index in [1.165, 1.54) is 10.6 Å². The highest BCUT2D eigenvalue weighted by Gasteiger charge is 2.18. The van der Waals surface area contributed by atoms with Gasteiger partial charge in [0.25, 0.3) is 11.5 Å². The molecule has 0 spiro atoms. The summed E-state index contributed by atoms with van der Waals surface area (Å²) in [7, 11) is 0. The Balaban J connectivity index is 1.72. The van der Waals surface area contributed by atoms with Crippen molar-refractivity contribution >= 4 is 11.6 Å². The number of aromatic nitrogens is 1. The molecule has 6 heteroatoms. The third kappa shape index (κ3) is 4.28. The first-order valence-corrected chi connectivity index (χ1v) is 8.52. The number of ether oxygens (including phenoxy) is 2. The zero-order chi connectivity index (χ0) is 17.6. The van der Waals surface area contributed by atoms with Crippen LogP contribution in [0, 0.1) is 0 Å². The van der Waals surface area contributed by atoms with Gasteiger partial charge in [0, 0.05) is 25.4 Å². The van der Waals surface area contributed by atoms with Gasteiger partial charge in [0.05, 0.1) is 17.4 Å². The van der Waals surface area contributed by atoms with Crippen molar-refractivity contribution in [3.8, 4) is 5.75 Å². The number of hydrogen-bond donors (Lipinski definition) is 1.